The first kappa shape index (κ1) is 19.1. The summed E-state index contributed by atoms with van der Waals surface area (Å²) in [5, 5.41) is 0. The zero-order valence-electron chi connectivity index (χ0n) is 14.6. The lowest BCUT2D eigenvalue weighted by molar-refractivity contribution is 0.239. The van der Waals surface area contributed by atoms with Crippen LogP contribution in [-0.2, 0) is 16.4 Å². The highest BCUT2D eigenvalue weighted by Crippen LogP contribution is 2.16. The van der Waals surface area contributed by atoms with Gasteiger partial charge < -0.3 is 15.4 Å². The smallest absolute Gasteiger partial charge is 0.229 e. The number of rotatable bonds is 9. The Morgan fingerprint density at radius 3 is 2.28 bits per heavy atom. The van der Waals surface area contributed by atoms with E-state index in [1.165, 1.54) is 5.56 Å². The maximum absolute atomic E-state index is 11.2. The number of nitrogen functional groups attached to an aromatic ring is 1. The first-order valence-corrected chi connectivity index (χ1v) is 9.94. The number of nitrogens with zero attached hydrogens (tertiary/aromatic N) is 1. The lowest BCUT2D eigenvalue weighted by atomic mass is 10.1. The van der Waals surface area contributed by atoms with E-state index >= 15 is 0 Å². The highest BCUT2D eigenvalue weighted by Gasteiger charge is 2.03. The van der Waals surface area contributed by atoms with Crippen molar-refractivity contribution in [3.05, 3.63) is 54.1 Å². The molecule has 0 atom stereocenters. The van der Waals surface area contributed by atoms with Gasteiger partial charge in [0, 0.05) is 24.5 Å². The van der Waals surface area contributed by atoms with Crippen molar-refractivity contribution in [2.24, 2.45) is 0 Å². The Morgan fingerprint density at radius 1 is 1.04 bits per heavy atom. The number of hydrogen-bond donors (Lipinski definition) is 2. The fourth-order valence-corrected chi connectivity index (χ4v) is 2.83. The minimum Gasteiger partial charge on any atom is -0.492 e. The maximum atomic E-state index is 11.2. The van der Waals surface area contributed by atoms with Crippen LogP contribution in [0, 0.1) is 0 Å². The Morgan fingerprint density at radius 2 is 1.68 bits per heavy atom. The van der Waals surface area contributed by atoms with E-state index in [1.807, 2.05) is 24.3 Å². The molecule has 0 aliphatic carbocycles. The number of benzene rings is 2. The second kappa shape index (κ2) is 8.73. The molecule has 6 nitrogen and oxygen atoms in total. The summed E-state index contributed by atoms with van der Waals surface area (Å²) >= 11 is 0. The predicted molar refractivity (Wildman–Crippen MR) is 102 cm³/mol. The Balaban J connectivity index is 1.70. The summed E-state index contributed by atoms with van der Waals surface area (Å²) in [6.45, 7) is 2.31. The molecule has 3 N–H and O–H groups in total. The minimum atomic E-state index is -3.25. The third-order valence-electron chi connectivity index (χ3n) is 3.66. The summed E-state index contributed by atoms with van der Waals surface area (Å²) < 4.78 is 30.4. The van der Waals surface area contributed by atoms with Gasteiger partial charge in [0.1, 0.15) is 12.4 Å². The van der Waals surface area contributed by atoms with E-state index in [4.69, 9.17) is 10.5 Å². The van der Waals surface area contributed by atoms with Crippen molar-refractivity contribution < 1.29 is 13.2 Å². The molecule has 25 heavy (non-hydrogen) atoms. The standard InChI is InChI=1S/C18H25N3O3S/c1-21(12-11-15-3-5-16(19)6-4-15)13-14-24-18-9-7-17(8-10-18)20-25(2,22)23/h3-10,20H,11-14,19H2,1-2H3. The van der Waals surface area contributed by atoms with Crippen molar-refractivity contribution in [3.63, 3.8) is 0 Å². The number of nitrogens with two attached hydrogens (primary N) is 1. The molecule has 0 aliphatic heterocycles. The second-order valence-electron chi connectivity index (χ2n) is 6.04. The van der Waals surface area contributed by atoms with Crippen LogP contribution in [0.15, 0.2) is 48.5 Å². The molecule has 0 radical (unpaired) electrons. The lowest BCUT2D eigenvalue weighted by Crippen LogP contribution is -2.26. The van der Waals surface area contributed by atoms with Crippen LogP contribution in [0.5, 0.6) is 5.75 Å². The maximum Gasteiger partial charge on any atom is 0.229 e. The molecule has 136 valence electrons. The van der Waals surface area contributed by atoms with Crippen molar-refractivity contribution in [2.45, 2.75) is 6.42 Å². The topological polar surface area (TPSA) is 84.7 Å². The van der Waals surface area contributed by atoms with E-state index in [9.17, 15) is 8.42 Å². The van der Waals surface area contributed by atoms with Crippen molar-refractivity contribution >= 4 is 21.4 Å². The van der Waals surface area contributed by atoms with Crippen LogP contribution in [0.1, 0.15) is 5.56 Å². The van der Waals surface area contributed by atoms with Gasteiger partial charge in [-0.2, -0.15) is 0 Å². The third-order valence-corrected chi connectivity index (χ3v) is 4.27. The fourth-order valence-electron chi connectivity index (χ4n) is 2.27. The summed E-state index contributed by atoms with van der Waals surface area (Å²) in [5.41, 5.74) is 8.25. The molecule has 0 amide bonds. The molecular formula is C18H25N3O3S. The zero-order valence-corrected chi connectivity index (χ0v) is 15.4. The van der Waals surface area contributed by atoms with Gasteiger partial charge >= 0.3 is 0 Å². The van der Waals surface area contributed by atoms with Crippen LogP contribution in [-0.4, -0.2) is 46.3 Å². The lowest BCUT2D eigenvalue weighted by Gasteiger charge is -2.17. The molecule has 0 aromatic heterocycles. The quantitative estimate of drug-likeness (QED) is 0.667. The molecule has 0 unspecified atom stereocenters. The van der Waals surface area contributed by atoms with E-state index in [0.29, 0.717) is 18.0 Å². The van der Waals surface area contributed by atoms with Crippen LogP contribution >= 0.6 is 0 Å². The van der Waals surface area contributed by atoms with Gasteiger partial charge in [-0.3, -0.25) is 4.72 Å². The third kappa shape index (κ3) is 7.45. The van der Waals surface area contributed by atoms with Gasteiger partial charge in [-0.15, -0.1) is 0 Å². The molecule has 0 saturated heterocycles. The summed E-state index contributed by atoms with van der Waals surface area (Å²) in [7, 11) is -1.20. The van der Waals surface area contributed by atoms with Crippen molar-refractivity contribution in [1.29, 1.82) is 0 Å². The summed E-state index contributed by atoms with van der Waals surface area (Å²) in [5.74, 6) is 0.714. The molecule has 2 aromatic rings. The number of anilines is 2. The monoisotopic (exact) mass is 363 g/mol. The van der Waals surface area contributed by atoms with Gasteiger partial charge in [0.25, 0.3) is 0 Å². The number of ether oxygens (including phenoxy) is 1. The van der Waals surface area contributed by atoms with Gasteiger partial charge in [0.2, 0.25) is 10.0 Å². The van der Waals surface area contributed by atoms with Gasteiger partial charge in [0.05, 0.1) is 6.26 Å². The predicted octanol–water partition coefficient (Wildman–Crippen LogP) is 2.19. The van der Waals surface area contributed by atoms with E-state index < -0.39 is 10.0 Å². The molecule has 0 aliphatic rings. The molecule has 0 bridgehead atoms. The Bertz CT molecular complexity index is 759. The van der Waals surface area contributed by atoms with Crippen LogP contribution in [0.4, 0.5) is 11.4 Å². The average molecular weight is 363 g/mol. The Labute approximate surface area is 149 Å². The van der Waals surface area contributed by atoms with Gasteiger partial charge in [-0.1, -0.05) is 12.1 Å². The molecule has 2 aromatic carbocycles. The van der Waals surface area contributed by atoms with E-state index in [1.54, 1.807) is 24.3 Å². The van der Waals surface area contributed by atoms with Gasteiger partial charge in [-0.25, -0.2) is 8.42 Å². The van der Waals surface area contributed by atoms with E-state index in [2.05, 4.69) is 16.7 Å². The number of hydrogen-bond acceptors (Lipinski definition) is 5. The van der Waals surface area contributed by atoms with E-state index in [-0.39, 0.29) is 0 Å². The number of likely N-dealkylation sites (N-methyl/N-ethyl adjacent to an activating group) is 1. The second-order valence-corrected chi connectivity index (χ2v) is 7.79. The largest absolute Gasteiger partial charge is 0.492 e. The molecular weight excluding hydrogens is 338 g/mol. The SMILES string of the molecule is CN(CCOc1ccc(NS(C)(=O)=O)cc1)CCc1ccc(N)cc1. The van der Waals surface area contributed by atoms with Crippen LogP contribution in [0.3, 0.4) is 0 Å². The molecule has 0 spiro atoms. The number of sulfonamides is 1. The van der Waals surface area contributed by atoms with Crippen LogP contribution in [0.25, 0.3) is 0 Å². The normalized spacial score (nSPS) is 11.5. The first-order chi connectivity index (χ1) is 11.8. The molecule has 0 fully saturated rings. The zero-order chi connectivity index (χ0) is 18.3. The van der Waals surface area contributed by atoms with Gasteiger partial charge in [0.15, 0.2) is 0 Å². The summed E-state index contributed by atoms with van der Waals surface area (Å²) in [4.78, 5) is 2.20. The molecule has 7 heteroatoms. The van der Waals surface area contributed by atoms with Crippen molar-refractivity contribution in [2.75, 3.05) is 43.5 Å². The first-order valence-electron chi connectivity index (χ1n) is 8.05. The van der Waals surface area contributed by atoms with Crippen LogP contribution < -0.4 is 15.2 Å². The van der Waals surface area contributed by atoms with Gasteiger partial charge in [-0.05, 0) is 55.4 Å². The fraction of sp³-hybridized carbons (Fsp3) is 0.333. The molecule has 2 rings (SSSR count). The minimum absolute atomic E-state index is 0.524. The van der Waals surface area contributed by atoms with E-state index in [0.717, 1.165) is 31.5 Å². The molecule has 0 heterocycles. The number of nitrogens with one attached hydrogen (secondary N) is 1. The summed E-state index contributed by atoms with van der Waals surface area (Å²) in [6.07, 6.45) is 2.08. The van der Waals surface area contributed by atoms with Crippen LogP contribution in [0.2, 0.25) is 0 Å². The highest BCUT2D eigenvalue weighted by atomic mass is 32.2. The Hall–Kier alpha value is -2.25. The van der Waals surface area contributed by atoms with Crippen molar-refractivity contribution in [3.8, 4) is 5.75 Å². The summed E-state index contributed by atoms with van der Waals surface area (Å²) in [6, 6.07) is 14.8. The average Bonchev–Trinajstić information content (AvgIpc) is 2.55. The Kier molecular flexibility index (Phi) is 6.66. The van der Waals surface area contributed by atoms with Crippen molar-refractivity contribution in [1.82, 2.24) is 4.90 Å². The molecule has 0 saturated carbocycles. The highest BCUT2D eigenvalue weighted by molar-refractivity contribution is 7.92.